The van der Waals surface area contributed by atoms with Crippen LogP contribution in [0.15, 0.2) is 50.0 Å². The van der Waals surface area contributed by atoms with Crippen molar-refractivity contribution in [2.24, 2.45) is 5.92 Å². The first-order valence-electron chi connectivity index (χ1n) is 15.0. The molecule has 0 saturated carbocycles. The van der Waals surface area contributed by atoms with E-state index in [2.05, 4.69) is 16.0 Å². The summed E-state index contributed by atoms with van der Waals surface area (Å²) in [4.78, 5) is 63.8. The number of hydrogen-bond acceptors (Lipinski definition) is 7. The molecule has 2 heterocycles. The minimum Gasteiger partial charge on any atom is -0.481 e. The van der Waals surface area contributed by atoms with Crippen molar-refractivity contribution in [3.63, 3.8) is 0 Å². The van der Waals surface area contributed by atoms with Crippen LogP contribution in [0.3, 0.4) is 0 Å². The first-order valence-corrected chi connectivity index (χ1v) is 15.4. The second-order valence-corrected chi connectivity index (χ2v) is 12.2. The van der Waals surface area contributed by atoms with Gasteiger partial charge in [-0.1, -0.05) is 37.6 Å². The van der Waals surface area contributed by atoms with E-state index in [1.54, 1.807) is 51.1 Å². The molecule has 12 heteroatoms. The molecule has 4 aromatic rings. The van der Waals surface area contributed by atoms with Crippen LogP contribution in [0.1, 0.15) is 54.7 Å². The van der Waals surface area contributed by atoms with Gasteiger partial charge in [0, 0.05) is 41.2 Å². The SMILES string of the molecule is Cc1oc2cc3oc(=O)c(CC(=O)N[C@H](Cc4ccc(Cl)cc4)C(=O)N[C@@H](C(=O)NCCCC(=O)O)C(C)C)c(C)c3cc2c1C. The third kappa shape index (κ3) is 8.14. The molecule has 0 spiro atoms. The molecule has 0 aliphatic carbocycles. The molecule has 11 nitrogen and oxygen atoms in total. The van der Waals surface area contributed by atoms with Crippen molar-refractivity contribution in [3.8, 4) is 0 Å². The number of carboxylic acid groups (broad SMARTS) is 1. The Labute approximate surface area is 270 Å². The number of aryl methyl sites for hydroxylation is 3. The van der Waals surface area contributed by atoms with E-state index in [9.17, 15) is 24.0 Å². The Balaban J connectivity index is 1.56. The maximum Gasteiger partial charge on any atom is 0.340 e. The minimum absolute atomic E-state index is 0.0855. The maximum atomic E-state index is 13.6. The number of amides is 3. The summed E-state index contributed by atoms with van der Waals surface area (Å²) in [6, 6.07) is 8.30. The Kier molecular flexibility index (Phi) is 10.9. The van der Waals surface area contributed by atoms with Crippen LogP contribution in [-0.4, -0.2) is 47.4 Å². The summed E-state index contributed by atoms with van der Waals surface area (Å²) in [6.45, 7) is 9.19. The average Bonchev–Trinajstić information content (AvgIpc) is 3.27. The number of benzene rings is 2. The Hall–Kier alpha value is -4.64. The third-order valence-electron chi connectivity index (χ3n) is 8.04. The second-order valence-electron chi connectivity index (χ2n) is 11.8. The molecule has 0 aliphatic rings. The molecule has 0 unspecified atom stereocenters. The van der Waals surface area contributed by atoms with Gasteiger partial charge in [-0.3, -0.25) is 19.2 Å². The highest BCUT2D eigenvalue weighted by atomic mass is 35.5. The van der Waals surface area contributed by atoms with Gasteiger partial charge in [0.05, 0.1) is 12.0 Å². The van der Waals surface area contributed by atoms with Gasteiger partial charge in [0.25, 0.3) is 0 Å². The molecule has 0 bridgehead atoms. The smallest absolute Gasteiger partial charge is 0.340 e. The summed E-state index contributed by atoms with van der Waals surface area (Å²) in [5, 5.41) is 19.0. The Bertz CT molecular complexity index is 1840. The third-order valence-corrected chi connectivity index (χ3v) is 8.29. The van der Waals surface area contributed by atoms with Crippen LogP contribution in [0.25, 0.3) is 21.9 Å². The molecule has 0 radical (unpaired) electrons. The molecular weight excluding hydrogens is 614 g/mol. The van der Waals surface area contributed by atoms with Crippen LogP contribution in [0.2, 0.25) is 5.02 Å². The summed E-state index contributed by atoms with van der Waals surface area (Å²) < 4.78 is 11.4. The zero-order valence-corrected chi connectivity index (χ0v) is 27.2. The molecule has 4 N–H and O–H groups in total. The zero-order valence-electron chi connectivity index (χ0n) is 26.4. The number of carboxylic acids is 1. The molecule has 4 rings (SSSR count). The van der Waals surface area contributed by atoms with E-state index in [0.29, 0.717) is 32.7 Å². The van der Waals surface area contributed by atoms with Crippen molar-refractivity contribution in [2.75, 3.05) is 6.54 Å². The number of nitrogens with one attached hydrogen (secondary N) is 3. The number of fused-ring (bicyclic) bond motifs is 2. The molecule has 46 heavy (non-hydrogen) atoms. The zero-order chi connectivity index (χ0) is 33.7. The summed E-state index contributed by atoms with van der Waals surface area (Å²) in [5.74, 6) is -2.18. The van der Waals surface area contributed by atoms with Gasteiger partial charge in [0.1, 0.15) is 29.0 Å². The van der Waals surface area contributed by atoms with Crippen LogP contribution >= 0.6 is 11.6 Å². The van der Waals surface area contributed by atoms with Gasteiger partial charge >= 0.3 is 11.6 Å². The number of aliphatic carboxylic acids is 1. The lowest BCUT2D eigenvalue weighted by Crippen LogP contribution is -2.56. The number of furan rings is 1. The van der Waals surface area contributed by atoms with E-state index < -0.39 is 41.4 Å². The standard InChI is InChI=1S/C34H38ClN3O8/c1-17(2)31(33(43)36-12-6-7-30(40)41)38-32(42)26(13-21-8-10-22(35)11-9-21)37-29(39)15-25-19(4)24-14-23-18(3)20(5)45-27(23)16-28(24)46-34(25)44/h8-11,14,16-17,26,31H,6-7,12-13,15H2,1-5H3,(H,36,43)(H,37,39)(H,38,42)(H,40,41)/t26-,31-/m1/s1. The first kappa shape index (κ1) is 34.2. The van der Waals surface area contributed by atoms with Gasteiger partial charge in [-0.25, -0.2) is 4.79 Å². The lowest BCUT2D eigenvalue weighted by Gasteiger charge is -2.25. The Morgan fingerprint density at radius 3 is 2.20 bits per heavy atom. The summed E-state index contributed by atoms with van der Waals surface area (Å²) in [6.07, 6.45) is -0.116. The normalized spacial score (nSPS) is 12.7. The number of carbonyl (C=O) groups is 4. The van der Waals surface area contributed by atoms with Crippen molar-refractivity contribution in [1.82, 2.24) is 16.0 Å². The van der Waals surface area contributed by atoms with E-state index >= 15 is 0 Å². The predicted octanol–water partition coefficient (Wildman–Crippen LogP) is 4.51. The Morgan fingerprint density at radius 1 is 0.891 bits per heavy atom. The van der Waals surface area contributed by atoms with Crippen LogP contribution in [0.4, 0.5) is 0 Å². The summed E-state index contributed by atoms with van der Waals surface area (Å²) >= 11 is 6.04. The summed E-state index contributed by atoms with van der Waals surface area (Å²) in [5.41, 5.74) is 2.69. The number of hydrogen-bond donors (Lipinski definition) is 4. The molecular formula is C34H38ClN3O8. The van der Waals surface area contributed by atoms with Crippen LogP contribution in [-0.2, 0) is 32.0 Å². The number of rotatable bonds is 13. The fraction of sp³-hybridized carbons (Fsp3) is 0.382. The van der Waals surface area contributed by atoms with Gasteiger partial charge in [0.15, 0.2) is 0 Å². The van der Waals surface area contributed by atoms with E-state index in [-0.39, 0.29) is 43.7 Å². The topological polar surface area (TPSA) is 168 Å². The maximum absolute atomic E-state index is 13.6. The minimum atomic E-state index is -1.10. The first-order chi connectivity index (χ1) is 21.7. The number of halogens is 1. The van der Waals surface area contributed by atoms with E-state index in [1.165, 1.54) is 0 Å². The highest BCUT2D eigenvalue weighted by molar-refractivity contribution is 6.30. The van der Waals surface area contributed by atoms with Crippen LogP contribution < -0.4 is 21.6 Å². The molecule has 2 aromatic heterocycles. The second kappa shape index (κ2) is 14.6. The van der Waals surface area contributed by atoms with Crippen LogP contribution in [0.5, 0.6) is 0 Å². The molecule has 3 amide bonds. The van der Waals surface area contributed by atoms with Crippen molar-refractivity contribution < 1.29 is 33.1 Å². The fourth-order valence-corrected chi connectivity index (χ4v) is 5.38. The number of carbonyl (C=O) groups excluding carboxylic acids is 3. The van der Waals surface area contributed by atoms with Crippen molar-refractivity contribution >= 4 is 57.2 Å². The molecule has 2 aromatic carbocycles. The fourth-order valence-electron chi connectivity index (χ4n) is 5.25. The van der Waals surface area contributed by atoms with Gasteiger partial charge in [-0.05, 0) is 68.0 Å². The van der Waals surface area contributed by atoms with E-state index in [0.717, 1.165) is 16.7 Å². The van der Waals surface area contributed by atoms with Gasteiger partial charge in [0.2, 0.25) is 17.7 Å². The Morgan fingerprint density at radius 2 is 1.54 bits per heavy atom. The van der Waals surface area contributed by atoms with Crippen molar-refractivity contribution in [2.45, 2.75) is 72.4 Å². The predicted molar refractivity (Wildman–Crippen MR) is 174 cm³/mol. The molecule has 0 aliphatic heterocycles. The highest BCUT2D eigenvalue weighted by Gasteiger charge is 2.29. The van der Waals surface area contributed by atoms with Crippen molar-refractivity contribution in [1.29, 1.82) is 0 Å². The molecule has 0 fully saturated rings. The quantitative estimate of drug-likeness (QED) is 0.121. The van der Waals surface area contributed by atoms with Gasteiger partial charge in [-0.2, -0.15) is 0 Å². The van der Waals surface area contributed by atoms with Gasteiger partial charge < -0.3 is 29.9 Å². The lowest BCUT2D eigenvalue weighted by molar-refractivity contribution is -0.137. The van der Waals surface area contributed by atoms with Crippen LogP contribution in [0, 0.1) is 26.7 Å². The van der Waals surface area contributed by atoms with Crippen molar-refractivity contribution in [3.05, 3.63) is 79.9 Å². The molecule has 2 atom stereocenters. The summed E-state index contributed by atoms with van der Waals surface area (Å²) in [7, 11) is 0. The molecule has 0 saturated heterocycles. The lowest BCUT2D eigenvalue weighted by atomic mass is 9.99. The van der Waals surface area contributed by atoms with E-state index in [1.807, 2.05) is 19.9 Å². The monoisotopic (exact) mass is 651 g/mol. The van der Waals surface area contributed by atoms with Gasteiger partial charge in [-0.15, -0.1) is 0 Å². The largest absolute Gasteiger partial charge is 0.481 e. The average molecular weight is 652 g/mol. The molecule has 244 valence electrons. The highest BCUT2D eigenvalue weighted by Crippen LogP contribution is 2.31. The van der Waals surface area contributed by atoms with E-state index in [4.69, 9.17) is 25.5 Å².